The number of aromatic hydroxyl groups is 1. The summed E-state index contributed by atoms with van der Waals surface area (Å²) in [5.41, 5.74) is 0.896. The Kier molecular flexibility index (Phi) is 4.34. The van der Waals surface area contributed by atoms with Gasteiger partial charge < -0.3 is 14.7 Å². The van der Waals surface area contributed by atoms with Crippen molar-refractivity contribution in [3.8, 4) is 11.5 Å². The zero-order valence-electron chi connectivity index (χ0n) is 16.9. The van der Waals surface area contributed by atoms with Crippen LogP contribution in [-0.2, 0) is 10.2 Å². The normalized spacial score (nSPS) is 17.5. The number of nitrogens with zero attached hydrogens (tertiary/aromatic N) is 1. The zero-order chi connectivity index (χ0) is 20.9. The van der Waals surface area contributed by atoms with Gasteiger partial charge in [-0.05, 0) is 17.5 Å². The Morgan fingerprint density at radius 3 is 2.48 bits per heavy atom. The molecule has 0 radical (unpaired) electrons. The number of fused-ring (bicyclic) bond motifs is 3. The molecule has 4 rings (SSSR count). The number of Topliss-reactive ketones (excluding diaryl/α,β-unsaturated/α-hetero) is 1. The van der Waals surface area contributed by atoms with Crippen LogP contribution >= 0.6 is 0 Å². The summed E-state index contributed by atoms with van der Waals surface area (Å²) < 4.78 is 5.69. The van der Waals surface area contributed by atoms with Crippen molar-refractivity contribution in [3.63, 3.8) is 0 Å². The van der Waals surface area contributed by atoms with Crippen molar-refractivity contribution in [2.75, 3.05) is 19.0 Å². The van der Waals surface area contributed by atoms with E-state index in [0.29, 0.717) is 5.75 Å². The largest absolute Gasteiger partial charge is 0.507 e. The van der Waals surface area contributed by atoms with E-state index in [0.717, 1.165) is 22.0 Å². The fraction of sp³-hybridized carbons (Fsp3) is 0.250. The number of hydrogen-bond donors (Lipinski definition) is 1. The molecule has 0 saturated carbocycles. The van der Waals surface area contributed by atoms with Gasteiger partial charge in [-0.2, -0.15) is 0 Å². The fourth-order valence-corrected chi connectivity index (χ4v) is 4.07. The molecule has 5 nitrogen and oxygen atoms in total. The van der Waals surface area contributed by atoms with Crippen molar-refractivity contribution in [1.29, 1.82) is 0 Å². The van der Waals surface area contributed by atoms with Gasteiger partial charge in [0.25, 0.3) is 0 Å². The van der Waals surface area contributed by atoms with Crippen LogP contribution in [0.25, 0.3) is 10.8 Å². The highest BCUT2D eigenvalue weighted by atomic mass is 16.5. The SMILES string of the molecule is CN(C)c1ccc(C(=O)[C@H]2C(=O)Oc3c(ccc4ccccc34)C2(C)C)c(O)c1. The molecule has 0 fully saturated rings. The lowest BCUT2D eigenvalue weighted by Crippen LogP contribution is -2.46. The maximum atomic E-state index is 13.3. The Labute approximate surface area is 169 Å². The van der Waals surface area contributed by atoms with Crippen molar-refractivity contribution >= 4 is 28.2 Å². The van der Waals surface area contributed by atoms with Gasteiger partial charge in [-0.1, -0.05) is 50.2 Å². The molecule has 0 amide bonds. The molecular weight excluding hydrogens is 366 g/mol. The van der Waals surface area contributed by atoms with Crippen LogP contribution in [0.4, 0.5) is 5.69 Å². The standard InChI is InChI=1S/C24H23NO4/c1-24(2)18-12-9-14-7-5-6-8-16(14)22(18)29-23(28)20(24)21(27)17-11-10-15(25(3)4)13-19(17)26/h5-13,20,26H,1-4H3/t20-/m0/s1. The van der Waals surface area contributed by atoms with E-state index in [1.54, 1.807) is 12.1 Å². The third-order valence-electron chi connectivity index (χ3n) is 5.76. The number of hydrogen-bond acceptors (Lipinski definition) is 5. The van der Waals surface area contributed by atoms with Crippen LogP contribution in [0.1, 0.15) is 29.8 Å². The summed E-state index contributed by atoms with van der Waals surface area (Å²) in [4.78, 5) is 28.1. The van der Waals surface area contributed by atoms with E-state index in [2.05, 4.69) is 0 Å². The van der Waals surface area contributed by atoms with Crippen molar-refractivity contribution in [1.82, 2.24) is 0 Å². The Bertz CT molecular complexity index is 1150. The van der Waals surface area contributed by atoms with E-state index in [4.69, 9.17) is 4.74 Å². The van der Waals surface area contributed by atoms with Crippen molar-refractivity contribution in [3.05, 3.63) is 65.7 Å². The first-order valence-electron chi connectivity index (χ1n) is 9.50. The third-order valence-corrected chi connectivity index (χ3v) is 5.76. The lowest BCUT2D eigenvalue weighted by molar-refractivity contribution is -0.140. The van der Waals surface area contributed by atoms with Gasteiger partial charge in [-0.3, -0.25) is 9.59 Å². The second-order valence-corrected chi connectivity index (χ2v) is 8.20. The molecule has 0 unspecified atom stereocenters. The summed E-state index contributed by atoms with van der Waals surface area (Å²) in [5.74, 6) is -1.72. The monoisotopic (exact) mass is 389 g/mol. The molecule has 1 N–H and O–H groups in total. The molecule has 0 bridgehead atoms. The Hall–Kier alpha value is -3.34. The van der Waals surface area contributed by atoms with E-state index in [1.165, 1.54) is 6.07 Å². The van der Waals surface area contributed by atoms with Gasteiger partial charge in [-0.15, -0.1) is 0 Å². The Morgan fingerprint density at radius 1 is 1.07 bits per heavy atom. The molecule has 29 heavy (non-hydrogen) atoms. The first-order valence-corrected chi connectivity index (χ1v) is 9.50. The highest BCUT2D eigenvalue weighted by molar-refractivity contribution is 6.13. The smallest absolute Gasteiger partial charge is 0.323 e. The minimum Gasteiger partial charge on any atom is -0.507 e. The molecule has 1 aliphatic rings. The molecule has 0 spiro atoms. The van der Waals surface area contributed by atoms with Crippen LogP contribution in [0.3, 0.4) is 0 Å². The summed E-state index contributed by atoms with van der Waals surface area (Å²) in [6, 6.07) is 16.4. The van der Waals surface area contributed by atoms with Gasteiger partial charge in [-0.25, -0.2) is 0 Å². The van der Waals surface area contributed by atoms with E-state index >= 15 is 0 Å². The van der Waals surface area contributed by atoms with Gasteiger partial charge >= 0.3 is 5.97 Å². The summed E-state index contributed by atoms with van der Waals surface area (Å²) in [7, 11) is 3.69. The van der Waals surface area contributed by atoms with E-state index in [9.17, 15) is 14.7 Å². The van der Waals surface area contributed by atoms with Crippen LogP contribution in [0.15, 0.2) is 54.6 Å². The lowest BCUT2D eigenvalue weighted by Gasteiger charge is -2.38. The zero-order valence-corrected chi connectivity index (χ0v) is 16.9. The predicted molar refractivity (Wildman–Crippen MR) is 113 cm³/mol. The first-order chi connectivity index (χ1) is 13.7. The molecule has 0 aliphatic carbocycles. The number of esters is 1. The van der Waals surface area contributed by atoms with Crippen LogP contribution in [0, 0.1) is 5.92 Å². The number of anilines is 1. The number of phenols is 1. The quantitative estimate of drug-likeness (QED) is 0.313. The molecule has 0 saturated heterocycles. The van der Waals surface area contributed by atoms with Gasteiger partial charge in [0.1, 0.15) is 17.4 Å². The summed E-state index contributed by atoms with van der Waals surface area (Å²) >= 11 is 0. The first kappa shape index (κ1) is 19.0. The second kappa shape index (κ2) is 6.62. The highest BCUT2D eigenvalue weighted by Crippen LogP contribution is 2.47. The minimum atomic E-state index is -1.05. The van der Waals surface area contributed by atoms with Crippen LogP contribution in [-0.4, -0.2) is 31.0 Å². The number of carbonyl (C=O) groups excluding carboxylic acids is 2. The van der Waals surface area contributed by atoms with E-state index < -0.39 is 23.1 Å². The minimum absolute atomic E-state index is 0.120. The van der Waals surface area contributed by atoms with Gasteiger partial charge in [0.2, 0.25) is 0 Å². The molecule has 5 heteroatoms. The average molecular weight is 389 g/mol. The Balaban J connectivity index is 1.81. The predicted octanol–water partition coefficient (Wildman–Crippen LogP) is 4.31. The molecule has 148 valence electrons. The maximum Gasteiger partial charge on any atom is 0.323 e. The lowest BCUT2D eigenvalue weighted by atomic mass is 9.68. The number of benzene rings is 3. The van der Waals surface area contributed by atoms with Crippen molar-refractivity contribution in [2.45, 2.75) is 19.3 Å². The number of ether oxygens (including phenoxy) is 1. The number of rotatable bonds is 3. The van der Waals surface area contributed by atoms with Gasteiger partial charge in [0.05, 0.1) is 5.56 Å². The number of ketones is 1. The number of carbonyl (C=O) groups is 2. The van der Waals surface area contributed by atoms with E-state index in [1.807, 2.05) is 69.2 Å². The van der Waals surface area contributed by atoms with Crippen LogP contribution in [0.2, 0.25) is 0 Å². The number of phenolic OH excluding ortho intramolecular Hbond substituents is 1. The maximum absolute atomic E-state index is 13.3. The summed E-state index contributed by atoms with van der Waals surface area (Å²) in [6.45, 7) is 3.74. The molecule has 1 heterocycles. The molecule has 0 aromatic heterocycles. The van der Waals surface area contributed by atoms with Crippen LogP contribution in [0.5, 0.6) is 11.5 Å². The molecule has 1 aliphatic heterocycles. The fourth-order valence-electron chi connectivity index (χ4n) is 4.07. The van der Waals surface area contributed by atoms with Crippen molar-refractivity contribution < 1.29 is 19.4 Å². The highest BCUT2D eigenvalue weighted by Gasteiger charge is 2.49. The van der Waals surface area contributed by atoms with Gasteiger partial charge in [0, 0.05) is 42.2 Å². The van der Waals surface area contributed by atoms with Crippen molar-refractivity contribution in [2.24, 2.45) is 5.92 Å². The summed E-state index contributed by atoms with van der Waals surface area (Å²) in [5, 5.41) is 12.2. The molecule has 1 atom stereocenters. The average Bonchev–Trinajstić information content (AvgIpc) is 2.67. The van der Waals surface area contributed by atoms with Crippen LogP contribution < -0.4 is 9.64 Å². The van der Waals surface area contributed by atoms with Gasteiger partial charge in [0.15, 0.2) is 5.78 Å². The Morgan fingerprint density at radius 2 is 1.79 bits per heavy atom. The second-order valence-electron chi connectivity index (χ2n) is 8.20. The third kappa shape index (κ3) is 2.94. The summed E-state index contributed by atoms with van der Waals surface area (Å²) in [6.07, 6.45) is 0. The molecular formula is C24H23NO4. The topological polar surface area (TPSA) is 66.8 Å². The molecule has 3 aromatic rings. The molecule has 3 aromatic carbocycles. The van der Waals surface area contributed by atoms with E-state index in [-0.39, 0.29) is 11.3 Å².